The van der Waals surface area contributed by atoms with Gasteiger partial charge in [-0.25, -0.2) is 13.1 Å². The number of hydrogen-bond donors (Lipinski definition) is 2. The Morgan fingerprint density at radius 3 is 2.59 bits per heavy atom. The lowest BCUT2D eigenvalue weighted by molar-refractivity contribution is 0.224. The lowest BCUT2D eigenvalue weighted by Crippen LogP contribution is -2.23. The monoisotopic (exact) mass is 423 g/mol. The number of halogens is 1. The van der Waals surface area contributed by atoms with Crippen molar-refractivity contribution in [1.82, 2.24) is 4.72 Å². The molecule has 1 atom stereocenters. The van der Waals surface area contributed by atoms with Crippen molar-refractivity contribution in [3.63, 3.8) is 0 Å². The summed E-state index contributed by atoms with van der Waals surface area (Å²) in [6.45, 7) is 0.101. The fourth-order valence-corrected chi connectivity index (χ4v) is 5.04. The summed E-state index contributed by atoms with van der Waals surface area (Å²) in [6, 6.07) is 17.3. The standard InChI is InChI=1S/C19H18ClNO4S2/c1-25-16-9-7-14(20)11-18(16)27(23,24)21-12-15-8-10-17(26-15)19(22)13-5-3-2-4-6-13/h2-11,19,21-22H,12H2,1H3. The summed E-state index contributed by atoms with van der Waals surface area (Å²) in [5, 5.41) is 10.8. The maximum absolute atomic E-state index is 12.6. The number of sulfonamides is 1. The molecule has 2 aromatic carbocycles. The van der Waals surface area contributed by atoms with E-state index in [0.29, 0.717) is 5.02 Å². The highest BCUT2D eigenvalue weighted by atomic mass is 35.5. The molecule has 0 fully saturated rings. The van der Waals surface area contributed by atoms with Gasteiger partial charge in [0.15, 0.2) is 0 Å². The molecule has 3 rings (SSSR count). The average molecular weight is 424 g/mol. The van der Waals surface area contributed by atoms with E-state index in [1.807, 2.05) is 30.3 Å². The molecule has 8 heteroatoms. The molecule has 1 aromatic heterocycles. The van der Waals surface area contributed by atoms with Gasteiger partial charge in [0.1, 0.15) is 16.7 Å². The topological polar surface area (TPSA) is 75.6 Å². The Balaban J connectivity index is 1.74. The molecule has 0 amide bonds. The third kappa shape index (κ3) is 4.69. The van der Waals surface area contributed by atoms with Crippen LogP contribution in [0.2, 0.25) is 5.02 Å². The van der Waals surface area contributed by atoms with Crippen LogP contribution in [0.1, 0.15) is 21.4 Å². The van der Waals surface area contributed by atoms with Gasteiger partial charge in [-0.05, 0) is 35.9 Å². The van der Waals surface area contributed by atoms with Gasteiger partial charge >= 0.3 is 0 Å². The highest BCUT2D eigenvalue weighted by Crippen LogP contribution is 2.30. The molecule has 0 radical (unpaired) electrons. The number of nitrogens with one attached hydrogen (secondary N) is 1. The summed E-state index contributed by atoms with van der Waals surface area (Å²) in [5.41, 5.74) is 0.787. The lowest BCUT2D eigenvalue weighted by Gasteiger charge is -2.11. The smallest absolute Gasteiger partial charge is 0.244 e. The highest BCUT2D eigenvalue weighted by Gasteiger charge is 2.20. The summed E-state index contributed by atoms with van der Waals surface area (Å²) in [5.74, 6) is 0.221. The van der Waals surface area contributed by atoms with Crippen molar-refractivity contribution in [2.45, 2.75) is 17.5 Å². The Morgan fingerprint density at radius 1 is 1.15 bits per heavy atom. The van der Waals surface area contributed by atoms with Crippen molar-refractivity contribution in [2.24, 2.45) is 0 Å². The third-order valence-electron chi connectivity index (χ3n) is 3.92. The van der Waals surface area contributed by atoms with E-state index in [9.17, 15) is 13.5 Å². The van der Waals surface area contributed by atoms with Crippen LogP contribution in [0.25, 0.3) is 0 Å². The van der Waals surface area contributed by atoms with E-state index >= 15 is 0 Å². The van der Waals surface area contributed by atoms with Gasteiger partial charge in [-0.1, -0.05) is 41.9 Å². The SMILES string of the molecule is COc1ccc(Cl)cc1S(=O)(=O)NCc1ccc(C(O)c2ccccc2)s1. The number of hydrogen-bond acceptors (Lipinski definition) is 5. The zero-order valence-corrected chi connectivity index (χ0v) is 16.8. The summed E-state index contributed by atoms with van der Waals surface area (Å²) < 4.78 is 32.9. The number of rotatable bonds is 7. The number of aliphatic hydroxyl groups is 1. The van der Waals surface area contributed by atoms with E-state index in [2.05, 4.69) is 4.72 Å². The maximum atomic E-state index is 12.6. The molecule has 0 spiro atoms. The molecule has 27 heavy (non-hydrogen) atoms. The molecule has 5 nitrogen and oxygen atoms in total. The number of benzene rings is 2. The van der Waals surface area contributed by atoms with Crippen molar-refractivity contribution in [1.29, 1.82) is 0 Å². The van der Waals surface area contributed by atoms with Crippen LogP contribution >= 0.6 is 22.9 Å². The second kappa shape index (κ2) is 8.41. The second-order valence-electron chi connectivity index (χ2n) is 5.74. The van der Waals surface area contributed by atoms with Gasteiger partial charge in [0.05, 0.1) is 7.11 Å². The molecule has 3 aromatic rings. The molecule has 0 saturated carbocycles. The third-order valence-corrected chi connectivity index (χ3v) is 6.71. The minimum Gasteiger partial charge on any atom is -0.495 e. The Kier molecular flexibility index (Phi) is 6.18. The van der Waals surface area contributed by atoms with Crippen molar-refractivity contribution < 1.29 is 18.3 Å². The lowest BCUT2D eigenvalue weighted by atomic mass is 10.1. The number of thiophene rings is 1. The summed E-state index contributed by atoms with van der Waals surface area (Å²) in [4.78, 5) is 1.51. The zero-order valence-electron chi connectivity index (χ0n) is 14.4. The van der Waals surface area contributed by atoms with Crippen molar-refractivity contribution in [2.75, 3.05) is 7.11 Å². The van der Waals surface area contributed by atoms with Gasteiger partial charge in [0.25, 0.3) is 0 Å². The van der Waals surface area contributed by atoms with Gasteiger partial charge in [-0.2, -0.15) is 0 Å². The first-order chi connectivity index (χ1) is 12.9. The molecule has 142 valence electrons. The van der Waals surface area contributed by atoms with Crippen LogP contribution in [-0.2, 0) is 16.6 Å². The van der Waals surface area contributed by atoms with Crippen molar-refractivity contribution in [3.8, 4) is 5.75 Å². The Labute approximate surface area is 167 Å². The predicted molar refractivity (Wildman–Crippen MR) is 107 cm³/mol. The second-order valence-corrected chi connectivity index (χ2v) is 9.11. The Morgan fingerprint density at radius 2 is 1.89 bits per heavy atom. The van der Waals surface area contributed by atoms with Crippen molar-refractivity contribution >= 4 is 33.0 Å². The first-order valence-corrected chi connectivity index (χ1v) is 10.7. The molecule has 1 unspecified atom stereocenters. The van der Waals surface area contributed by atoms with Crippen LogP contribution in [0, 0.1) is 0 Å². The summed E-state index contributed by atoms with van der Waals surface area (Å²) >= 11 is 7.27. The molecule has 2 N–H and O–H groups in total. The van der Waals surface area contributed by atoms with Crippen LogP contribution in [-0.4, -0.2) is 20.6 Å². The fourth-order valence-electron chi connectivity index (χ4n) is 2.54. The number of aliphatic hydroxyl groups excluding tert-OH is 1. The number of methoxy groups -OCH3 is 1. The minimum absolute atomic E-state index is 0.0152. The molecule has 0 saturated heterocycles. The molecule has 1 heterocycles. The van der Waals surface area contributed by atoms with Gasteiger partial charge < -0.3 is 9.84 Å². The number of ether oxygens (including phenoxy) is 1. The van der Waals surface area contributed by atoms with E-state index in [0.717, 1.165) is 15.3 Å². The zero-order chi connectivity index (χ0) is 19.4. The van der Waals surface area contributed by atoms with Crippen LogP contribution in [0.4, 0.5) is 0 Å². The maximum Gasteiger partial charge on any atom is 0.244 e. The van der Waals surface area contributed by atoms with Crippen LogP contribution in [0.5, 0.6) is 5.75 Å². The Hall–Kier alpha value is -1.90. The van der Waals surface area contributed by atoms with E-state index in [1.54, 1.807) is 18.2 Å². The molecule has 0 aliphatic heterocycles. The first-order valence-electron chi connectivity index (χ1n) is 8.05. The largest absolute Gasteiger partial charge is 0.495 e. The first kappa shape index (κ1) is 19.9. The van der Waals surface area contributed by atoms with E-state index < -0.39 is 16.1 Å². The summed E-state index contributed by atoms with van der Waals surface area (Å²) in [6.07, 6.45) is -0.741. The molecule has 0 aliphatic rings. The van der Waals surface area contributed by atoms with Gasteiger partial charge in [0.2, 0.25) is 10.0 Å². The fraction of sp³-hybridized carbons (Fsp3) is 0.158. The minimum atomic E-state index is -3.80. The van der Waals surface area contributed by atoms with Gasteiger partial charge in [0, 0.05) is 21.3 Å². The van der Waals surface area contributed by atoms with Crippen LogP contribution in [0.15, 0.2) is 65.6 Å². The Bertz CT molecular complexity index is 1020. The molecule has 0 bridgehead atoms. The summed E-state index contributed by atoms with van der Waals surface area (Å²) in [7, 11) is -2.40. The normalized spacial score (nSPS) is 12.7. The van der Waals surface area contributed by atoms with Gasteiger partial charge in [-0.3, -0.25) is 0 Å². The van der Waals surface area contributed by atoms with E-state index in [4.69, 9.17) is 16.3 Å². The highest BCUT2D eigenvalue weighted by molar-refractivity contribution is 7.89. The quantitative estimate of drug-likeness (QED) is 0.602. The molecular weight excluding hydrogens is 406 g/mol. The van der Waals surface area contributed by atoms with E-state index in [-0.39, 0.29) is 17.2 Å². The molecular formula is C19H18ClNO4S2. The molecule has 0 aliphatic carbocycles. The van der Waals surface area contributed by atoms with Crippen LogP contribution < -0.4 is 9.46 Å². The predicted octanol–water partition coefficient (Wildman–Crippen LogP) is 3.97. The van der Waals surface area contributed by atoms with Gasteiger partial charge in [-0.15, -0.1) is 11.3 Å². The van der Waals surface area contributed by atoms with Crippen LogP contribution in [0.3, 0.4) is 0 Å². The van der Waals surface area contributed by atoms with E-state index in [1.165, 1.54) is 30.6 Å². The van der Waals surface area contributed by atoms with Crippen molar-refractivity contribution in [3.05, 3.63) is 81.0 Å². The average Bonchev–Trinajstić information content (AvgIpc) is 3.15.